The molecule has 1 unspecified atom stereocenters. The van der Waals surface area contributed by atoms with E-state index >= 15 is 0 Å². The molecule has 0 spiro atoms. The van der Waals surface area contributed by atoms with Crippen LogP contribution in [0.5, 0.6) is 0 Å². The van der Waals surface area contributed by atoms with Gasteiger partial charge in [0, 0.05) is 6.61 Å². The highest BCUT2D eigenvalue weighted by atomic mass is 16.5. The lowest BCUT2D eigenvalue weighted by atomic mass is 9.98. The van der Waals surface area contributed by atoms with E-state index in [1.165, 1.54) is 12.0 Å². The summed E-state index contributed by atoms with van der Waals surface area (Å²) < 4.78 is 11.6. The molecule has 2 nitrogen and oxygen atoms in total. The van der Waals surface area contributed by atoms with E-state index in [1.807, 2.05) is 18.2 Å². The molecule has 16 heavy (non-hydrogen) atoms. The largest absolute Gasteiger partial charge is 0.374 e. The fourth-order valence-electron chi connectivity index (χ4n) is 2.18. The molecule has 1 aromatic rings. The minimum Gasteiger partial charge on any atom is -0.374 e. The van der Waals surface area contributed by atoms with Crippen LogP contribution >= 0.6 is 0 Å². The summed E-state index contributed by atoms with van der Waals surface area (Å²) in [6, 6.07) is 10.3. The van der Waals surface area contributed by atoms with Gasteiger partial charge in [0.1, 0.15) is 0 Å². The minimum absolute atomic E-state index is 0.00518. The van der Waals surface area contributed by atoms with Crippen LogP contribution in [0.1, 0.15) is 31.7 Å². The number of benzene rings is 1. The zero-order valence-corrected chi connectivity index (χ0v) is 9.95. The second kappa shape index (κ2) is 5.46. The summed E-state index contributed by atoms with van der Waals surface area (Å²) >= 11 is 0. The first-order valence-corrected chi connectivity index (χ1v) is 6.10. The Morgan fingerprint density at radius 2 is 2.12 bits per heavy atom. The Hall–Kier alpha value is -0.860. The predicted molar refractivity (Wildman–Crippen MR) is 64.3 cm³/mol. The van der Waals surface area contributed by atoms with Crippen LogP contribution in [0.2, 0.25) is 0 Å². The molecule has 1 atom stereocenters. The van der Waals surface area contributed by atoms with E-state index < -0.39 is 0 Å². The Kier molecular flexibility index (Phi) is 3.97. The molecule has 1 saturated heterocycles. The summed E-state index contributed by atoms with van der Waals surface area (Å²) in [4.78, 5) is 0. The highest BCUT2D eigenvalue weighted by Gasteiger charge is 2.33. The minimum atomic E-state index is -0.00518. The smallest absolute Gasteiger partial charge is 0.0913 e. The Labute approximate surface area is 97.6 Å². The third-order valence-electron chi connectivity index (χ3n) is 3.31. The van der Waals surface area contributed by atoms with Gasteiger partial charge < -0.3 is 9.47 Å². The molecule has 0 aliphatic carbocycles. The van der Waals surface area contributed by atoms with E-state index in [1.54, 1.807) is 0 Å². The second-order valence-electron chi connectivity index (χ2n) is 4.47. The van der Waals surface area contributed by atoms with Crippen molar-refractivity contribution in [2.24, 2.45) is 0 Å². The second-order valence-corrected chi connectivity index (χ2v) is 4.47. The topological polar surface area (TPSA) is 18.5 Å². The van der Waals surface area contributed by atoms with Crippen LogP contribution in [0, 0.1) is 0 Å². The fraction of sp³-hybridized carbons (Fsp3) is 0.571. The standard InChI is InChI=1S/C14H20O2/c1-2-14(9-6-10-16-14)12-15-11-13-7-4-3-5-8-13/h3-5,7-8H,2,6,9-12H2,1H3. The maximum Gasteiger partial charge on any atom is 0.0913 e. The first-order chi connectivity index (χ1) is 7.85. The van der Waals surface area contributed by atoms with Crippen molar-refractivity contribution in [1.29, 1.82) is 0 Å². The molecule has 1 aliphatic rings. The molecule has 0 saturated carbocycles. The molecule has 2 heteroatoms. The van der Waals surface area contributed by atoms with Gasteiger partial charge in [0.25, 0.3) is 0 Å². The van der Waals surface area contributed by atoms with Crippen LogP contribution in [0.15, 0.2) is 30.3 Å². The molecule has 0 N–H and O–H groups in total. The van der Waals surface area contributed by atoms with E-state index in [4.69, 9.17) is 9.47 Å². The highest BCUT2D eigenvalue weighted by molar-refractivity contribution is 5.13. The van der Waals surface area contributed by atoms with Crippen LogP contribution < -0.4 is 0 Å². The third-order valence-corrected chi connectivity index (χ3v) is 3.31. The summed E-state index contributed by atoms with van der Waals surface area (Å²) in [6.45, 7) is 4.48. The van der Waals surface area contributed by atoms with Crippen molar-refractivity contribution >= 4 is 0 Å². The van der Waals surface area contributed by atoms with Gasteiger partial charge in [-0.15, -0.1) is 0 Å². The lowest BCUT2D eigenvalue weighted by Crippen LogP contribution is -2.32. The van der Waals surface area contributed by atoms with Crippen molar-refractivity contribution in [3.63, 3.8) is 0 Å². The maximum absolute atomic E-state index is 5.80. The van der Waals surface area contributed by atoms with Crippen LogP contribution in [-0.4, -0.2) is 18.8 Å². The summed E-state index contributed by atoms with van der Waals surface area (Å²) in [5.74, 6) is 0. The first-order valence-electron chi connectivity index (χ1n) is 6.10. The van der Waals surface area contributed by atoms with Crippen molar-refractivity contribution in [3.05, 3.63) is 35.9 Å². The van der Waals surface area contributed by atoms with Gasteiger partial charge in [-0.3, -0.25) is 0 Å². The lowest BCUT2D eigenvalue weighted by molar-refractivity contribution is -0.0698. The summed E-state index contributed by atoms with van der Waals surface area (Å²) in [6.07, 6.45) is 3.35. The SMILES string of the molecule is CCC1(COCc2ccccc2)CCCO1. The van der Waals surface area contributed by atoms with Gasteiger partial charge in [-0.1, -0.05) is 37.3 Å². The van der Waals surface area contributed by atoms with Gasteiger partial charge in [0.15, 0.2) is 0 Å². The number of hydrogen-bond donors (Lipinski definition) is 0. The van der Waals surface area contributed by atoms with Gasteiger partial charge in [-0.2, -0.15) is 0 Å². The van der Waals surface area contributed by atoms with E-state index in [2.05, 4.69) is 19.1 Å². The van der Waals surface area contributed by atoms with Crippen molar-refractivity contribution in [1.82, 2.24) is 0 Å². The molecular weight excluding hydrogens is 200 g/mol. The predicted octanol–water partition coefficient (Wildman–Crippen LogP) is 3.16. The van der Waals surface area contributed by atoms with Crippen molar-refractivity contribution < 1.29 is 9.47 Å². The summed E-state index contributed by atoms with van der Waals surface area (Å²) in [5, 5.41) is 0. The molecule has 1 aliphatic heterocycles. The van der Waals surface area contributed by atoms with Gasteiger partial charge in [0.05, 0.1) is 18.8 Å². The van der Waals surface area contributed by atoms with Crippen molar-refractivity contribution in [3.8, 4) is 0 Å². The Morgan fingerprint density at radius 3 is 2.75 bits per heavy atom. The zero-order valence-electron chi connectivity index (χ0n) is 9.95. The average Bonchev–Trinajstić information content (AvgIpc) is 2.80. The number of rotatable bonds is 5. The molecule has 0 radical (unpaired) electrons. The Bertz CT molecular complexity index is 302. The van der Waals surface area contributed by atoms with Gasteiger partial charge in [-0.25, -0.2) is 0 Å². The zero-order chi connectivity index (χ0) is 11.3. The first kappa shape index (κ1) is 11.6. The normalized spacial score (nSPS) is 24.8. The fourth-order valence-corrected chi connectivity index (χ4v) is 2.18. The van der Waals surface area contributed by atoms with Gasteiger partial charge >= 0.3 is 0 Å². The molecule has 0 bridgehead atoms. The van der Waals surface area contributed by atoms with E-state index in [0.717, 1.165) is 26.1 Å². The van der Waals surface area contributed by atoms with Crippen LogP contribution in [0.4, 0.5) is 0 Å². The molecule has 1 aromatic carbocycles. The summed E-state index contributed by atoms with van der Waals surface area (Å²) in [5.41, 5.74) is 1.22. The Balaban J connectivity index is 1.79. The quantitative estimate of drug-likeness (QED) is 0.759. The monoisotopic (exact) mass is 220 g/mol. The lowest BCUT2D eigenvalue weighted by Gasteiger charge is -2.26. The number of hydrogen-bond acceptors (Lipinski definition) is 2. The molecule has 0 amide bonds. The van der Waals surface area contributed by atoms with E-state index in [-0.39, 0.29) is 5.60 Å². The molecular formula is C14H20O2. The summed E-state index contributed by atoms with van der Waals surface area (Å²) in [7, 11) is 0. The average molecular weight is 220 g/mol. The maximum atomic E-state index is 5.80. The third kappa shape index (κ3) is 2.83. The number of ether oxygens (including phenoxy) is 2. The highest BCUT2D eigenvalue weighted by Crippen LogP contribution is 2.29. The van der Waals surface area contributed by atoms with E-state index in [0.29, 0.717) is 6.61 Å². The molecule has 2 rings (SSSR count). The Morgan fingerprint density at radius 1 is 1.31 bits per heavy atom. The van der Waals surface area contributed by atoms with Crippen LogP contribution in [0.25, 0.3) is 0 Å². The van der Waals surface area contributed by atoms with Gasteiger partial charge in [-0.05, 0) is 24.8 Å². The van der Waals surface area contributed by atoms with Crippen molar-refractivity contribution in [2.75, 3.05) is 13.2 Å². The molecule has 0 aromatic heterocycles. The van der Waals surface area contributed by atoms with Crippen molar-refractivity contribution in [2.45, 2.75) is 38.4 Å². The molecule has 88 valence electrons. The van der Waals surface area contributed by atoms with Crippen LogP contribution in [-0.2, 0) is 16.1 Å². The van der Waals surface area contributed by atoms with E-state index in [9.17, 15) is 0 Å². The molecule has 1 heterocycles. The van der Waals surface area contributed by atoms with Crippen LogP contribution in [0.3, 0.4) is 0 Å². The van der Waals surface area contributed by atoms with Gasteiger partial charge in [0.2, 0.25) is 0 Å². The molecule has 1 fully saturated rings.